The molecule has 8 heteroatoms. The van der Waals surface area contributed by atoms with Crippen molar-refractivity contribution in [2.75, 3.05) is 32.0 Å². The number of fused-ring (bicyclic) bond motifs is 1. The van der Waals surface area contributed by atoms with Crippen LogP contribution in [-0.2, 0) is 17.9 Å². The van der Waals surface area contributed by atoms with E-state index < -0.39 is 0 Å². The van der Waals surface area contributed by atoms with Gasteiger partial charge in [-0.15, -0.1) is 24.0 Å². The normalized spacial score (nSPS) is 19.3. The van der Waals surface area contributed by atoms with Crippen LogP contribution in [0.3, 0.4) is 0 Å². The first-order valence-corrected chi connectivity index (χ1v) is 11.4. The number of halogens is 1. The maximum absolute atomic E-state index is 12.0. The number of anilines is 1. The molecule has 1 atom stereocenters. The van der Waals surface area contributed by atoms with E-state index in [4.69, 9.17) is 0 Å². The highest BCUT2D eigenvalue weighted by atomic mass is 127. The van der Waals surface area contributed by atoms with Gasteiger partial charge < -0.3 is 21.1 Å². The molecule has 0 bridgehead atoms. The zero-order valence-corrected chi connectivity index (χ0v) is 21.4. The van der Waals surface area contributed by atoms with Gasteiger partial charge in [-0.2, -0.15) is 0 Å². The van der Waals surface area contributed by atoms with Crippen LogP contribution >= 0.6 is 24.0 Å². The molecule has 1 unspecified atom stereocenters. The van der Waals surface area contributed by atoms with Crippen LogP contribution in [0.15, 0.2) is 53.5 Å². The number of carbonyl (C=O) groups excluding carboxylic acids is 1. The average Bonchev–Trinajstić information content (AvgIpc) is 2.81. The molecule has 0 radical (unpaired) electrons. The molecule has 4 rings (SSSR count). The van der Waals surface area contributed by atoms with Crippen LogP contribution in [0.4, 0.5) is 5.69 Å². The van der Waals surface area contributed by atoms with Crippen LogP contribution in [0, 0.1) is 0 Å². The Kier molecular flexibility index (Phi) is 9.52. The summed E-state index contributed by atoms with van der Waals surface area (Å²) in [5, 5.41) is 19.3. The molecular weight excluding hydrogens is 529 g/mol. The minimum atomic E-state index is -0.132. The fourth-order valence-electron chi connectivity index (χ4n) is 4.41. The molecular formula is C25H34IN5O2. The van der Waals surface area contributed by atoms with Gasteiger partial charge in [0.1, 0.15) is 0 Å². The van der Waals surface area contributed by atoms with E-state index in [-0.39, 0.29) is 41.9 Å². The Labute approximate surface area is 213 Å². The molecule has 1 fully saturated rings. The van der Waals surface area contributed by atoms with E-state index in [1.165, 1.54) is 11.1 Å². The fraction of sp³-hybridized carbons (Fsp3) is 0.440. The van der Waals surface area contributed by atoms with Crippen molar-refractivity contribution in [3.05, 3.63) is 65.2 Å². The molecule has 178 valence electrons. The van der Waals surface area contributed by atoms with Gasteiger partial charge in [0.25, 0.3) is 0 Å². The molecule has 0 aromatic heterocycles. The molecule has 2 heterocycles. The molecule has 1 saturated heterocycles. The number of para-hydroxylation sites is 1. The fourth-order valence-corrected chi connectivity index (χ4v) is 4.41. The number of benzene rings is 2. The van der Waals surface area contributed by atoms with Crippen LogP contribution in [0.25, 0.3) is 0 Å². The summed E-state index contributed by atoms with van der Waals surface area (Å²) in [7, 11) is 1.76. The molecule has 2 aromatic carbocycles. The zero-order chi connectivity index (χ0) is 22.3. The minimum absolute atomic E-state index is 0. The number of likely N-dealkylation sites (tertiary alicyclic amines) is 1. The number of amides is 1. The number of piperidine rings is 1. The summed E-state index contributed by atoms with van der Waals surface area (Å²) < 4.78 is 0. The molecule has 2 aromatic rings. The summed E-state index contributed by atoms with van der Waals surface area (Å²) in [6, 6.07) is 16.6. The molecule has 1 amide bonds. The molecule has 0 saturated carbocycles. The van der Waals surface area contributed by atoms with Crippen molar-refractivity contribution in [1.82, 2.24) is 15.5 Å². The smallest absolute Gasteiger partial charge is 0.225 e. The third-order valence-corrected chi connectivity index (χ3v) is 6.29. The lowest BCUT2D eigenvalue weighted by molar-refractivity contribution is -0.116. The van der Waals surface area contributed by atoms with E-state index in [0.717, 1.165) is 49.7 Å². The Hall–Kier alpha value is -2.17. The first-order chi connectivity index (χ1) is 15.6. The molecule has 0 spiro atoms. The lowest BCUT2D eigenvalue weighted by atomic mass is 9.90. The third kappa shape index (κ3) is 7.15. The second kappa shape index (κ2) is 12.3. The number of aliphatic imine (C=N–C) groups is 1. The van der Waals surface area contributed by atoms with E-state index in [0.29, 0.717) is 19.5 Å². The molecule has 33 heavy (non-hydrogen) atoms. The second-order valence-electron chi connectivity index (χ2n) is 8.67. The number of aliphatic hydroxyl groups excluding tert-OH is 1. The molecule has 0 aliphatic carbocycles. The molecule has 4 N–H and O–H groups in total. The van der Waals surface area contributed by atoms with Gasteiger partial charge >= 0.3 is 0 Å². The number of carbonyl (C=O) groups is 1. The SMILES string of the molecule is CN=C(NCc1ccc(CN2CCC(O)CC2)cc1)NCC1CC(=O)Nc2ccccc21.I. The van der Waals surface area contributed by atoms with E-state index in [1.807, 2.05) is 18.2 Å². The zero-order valence-electron chi connectivity index (χ0n) is 19.1. The van der Waals surface area contributed by atoms with E-state index in [9.17, 15) is 9.90 Å². The third-order valence-electron chi connectivity index (χ3n) is 6.29. The lowest BCUT2D eigenvalue weighted by Crippen LogP contribution is -2.40. The highest BCUT2D eigenvalue weighted by Gasteiger charge is 2.24. The highest BCUT2D eigenvalue weighted by molar-refractivity contribution is 14.0. The van der Waals surface area contributed by atoms with Crippen molar-refractivity contribution in [3.8, 4) is 0 Å². The minimum Gasteiger partial charge on any atom is -0.393 e. The summed E-state index contributed by atoms with van der Waals surface area (Å²) >= 11 is 0. The summed E-state index contributed by atoms with van der Waals surface area (Å²) in [5.41, 5.74) is 4.54. The van der Waals surface area contributed by atoms with Crippen LogP contribution in [0.1, 0.15) is 41.9 Å². The maximum atomic E-state index is 12.0. The van der Waals surface area contributed by atoms with Gasteiger partial charge in [0, 0.05) is 57.8 Å². The van der Waals surface area contributed by atoms with Crippen molar-refractivity contribution < 1.29 is 9.90 Å². The van der Waals surface area contributed by atoms with E-state index in [2.05, 4.69) is 56.2 Å². The largest absolute Gasteiger partial charge is 0.393 e. The van der Waals surface area contributed by atoms with Gasteiger partial charge in [-0.05, 0) is 35.6 Å². The number of hydrogen-bond acceptors (Lipinski definition) is 4. The molecule has 2 aliphatic heterocycles. The van der Waals surface area contributed by atoms with Crippen molar-refractivity contribution in [2.24, 2.45) is 4.99 Å². The van der Waals surface area contributed by atoms with Gasteiger partial charge in [-0.1, -0.05) is 42.5 Å². The first-order valence-electron chi connectivity index (χ1n) is 11.4. The number of nitrogens with zero attached hydrogens (tertiary/aromatic N) is 2. The predicted octanol–water partition coefficient (Wildman–Crippen LogP) is 3.05. The predicted molar refractivity (Wildman–Crippen MR) is 143 cm³/mol. The van der Waals surface area contributed by atoms with Crippen LogP contribution in [0.2, 0.25) is 0 Å². The van der Waals surface area contributed by atoms with Gasteiger partial charge in [0.2, 0.25) is 5.91 Å². The Morgan fingerprint density at radius 2 is 1.79 bits per heavy atom. The second-order valence-corrected chi connectivity index (χ2v) is 8.67. The monoisotopic (exact) mass is 563 g/mol. The number of rotatable bonds is 6. The van der Waals surface area contributed by atoms with Crippen molar-refractivity contribution in [1.29, 1.82) is 0 Å². The number of hydrogen-bond donors (Lipinski definition) is 4. The molecule has 7 nitrogen and oxygen atoms in total. The van der Waals surface area contributed by atoms with Gasteiger partial charge in [0.05, 0.1) is 6.10 Å². The summed E-state index contributed by atoms with van der Waals surface area (Å²) in [6.07, 6.45) is 2.07. The molecule has 2 aliphatic rings. The lowest BCUT2D eigenvalue weighted by Gasteiger charge is -2.29. The maximum Gasteiger partial charge on any atom is 0.225 e. The van der Waals surface area contributed by atoms with Crippen molar-refractivity contribution in [3.63, 3.8) is 0 Å². The Balaban J connectivity index is 0.00000306. The van der Waals surface area contributed by atoms with E-state index >= 15 is 0 Å². The van der Waals surface area contributed by atoms with Crippen LogP contribution in [-0.4, -0.2) is 54.7 Å². The van der Waals surface area contributed by atoms with Gasteiger partial charge in [-0.3, -0.25) is 14.7 Å². The Bertz CT molecular complexity index is 942. The number of aliphatic hydroxyl groups is 1. The summed E-state index contributed by atoms with van der Waals surface area (Å²) in [6.45, 7) is 4.17. The van der Waals surface area contributed by atoms with Gasteiger partial charge in [0.15, 0.2) is 5.96 Å². The Morgan fingerprint density at radius 1 is 1.09 bits per heavy atom. The van der Waals surface area contributed by atoms with Crippen LogP contribution in [0.5, 0.6) is 0 Å². The van der Waals surface area contributed by atoms with E-state index in [1.54, 1.807) is 7.05 Å². The quantitative estimate of drug-likeness (QED) is 0.247. The Morgan fingerprint density at radius 3 is 2.52 bits per heavy atom. The standard InChI is InChI=1S/C25H33N5O2.HI/c1-26-25(28-16-20-14-24(32)29-23-5-3-2-4-22(20)23)27-15-18-6-8-19(9-7-18)17-30-12-10-21(31)11-13-30;/h2-9,20-21,31H,10-17H2,1H3,(H,29,32)(H2,26,27,28);1H. The first kappa shape index (κ1) is 25.5. The summed E-state index contributed by atoms with van der Waals surface area (Å²) in [5.74, 6) is 0.900. The number of nitrogens with one attached hydrogen (secondary N) is 3. The van der Waals surface area contributed by atoms with Gasteiger partial charge in [-0.25, -0.2) is 0 Å². The van der Waals surface area contributed by atoms with Crippen LogP contribution < -0.4 is 16.0 Å². The average molecular weight is 563 g/mol. The number of guanidine groups is 1. The van der Waals surface area contributed by atoms with Crippen molar-refractivity contribution in [2.45, 2.75) is 44.4 Å². The topological polar surface area (TPSA) is 89.0 Å². The van der Waals surface area contributed by atoms with Crippen molar-refractivity contribution >= 4 is 41.5 Å². The summed E-state index contributed by atoms with van der Waals surface area (Å²) in [4.78, 5) is 18.8. The highest BCUT2D eigenvalue weighted by Crippen LogP contribution is 2.31.